The molecule has 136 valence electrons. The van der Waals surface area contributed by atoms with Crippen LogP contribution < -0.4 is 10.1 Å². The van der Waals surface area contributed by atoms with E-state index in [1.165, 1.54) is 12.1 Å². The molecule has 8 heteroatoms. The summed E-state index contributed by atoms with van der Waals surface area (Å²) >= 11 is 0. The van der Waals surface area contributed by atoms with Gasteiger partial charge in [0.15, 0.2) is 5.75 Å². The predicted molar refractivity (Wildman–Crippen MR) is 91.4 cm³/mol. The summed E-state index contributed by atoms with van der Waals surface area (Å²) in [5.41, 5.74) is -0.472. The Kier molecular flexibility index (Phi) is 4.60. The summed E-state index contributed by atoms with van der Waals surface area (Å²) in [6.07, 6.45) is -5.00. The predicted octanol–water partition coefficient (Wildman–Crippen LogP) is 4.57. The number of aromatic hydroxyl groups is 1. The van der Waals surface area contributed by atoms with Crippen molar-refractivity contribution in [2.75, 3.05) is 5.32 Å². The van der Waals surface area contributed by atoms with Gasteiger partial charge >= 0.3 is 6.36 Å². The number of fused-ring (bicyclic) bond motifs is 1. The molecule has 0 aliphatic carbocycles. The number of phenols is 1. The molecule has 0 spiro atoms. The molecule has 0 aliphatic heterocycles. The van der Waals surface area contributed by atoms with Crippen LogP contribution in [0.3, 0.4) is 0 Å². The van der Waals surface area contributed by atoms with Crippen molar-refractivity contribution in [3.05, 3.63) is 65.7 Å². The van der Waals surface area contributed by atoms with Crippen LogP contribution in [-0.2, 0) is 0 Å². The number of hydrogen-bond acceptors (Lipinski definition) is 4. The van der Waals surface area contributed by atoms with E-state index in [2.05, 4.69) is 10.1 Å². The molecule has 5 nitrogen and oxygen atoms in total. The third-order valence-corrected chi connectivity index (χ3v) is 3.73. The molecule has 0 aliphatic rings. The van der Waals surface area contributed by atoms with Gasteiger partial charge in [0.05, 0.1) is 22.9 Å². The Bertz CT molecular complexity index is 1070. The first-order chi connectivity index (χ1) is 12.8. The number of carbonyl (C=O) groups is 1. The number of rotatable bonds is 3. The lowest BCUT2D eigenvalue weighted by Gasteiger charge is -2.15. The van der Waals surface area contributed by atoms with Gasteiger partial charge in [0.1, 0.15) is 5.75 Å². The van der Waals surface area contributed by atoms with E-state index in [-0.39, 0.29) is 22.6 Å². The van der Waals surface area contributed by atoms with E-state index in [0.717, 1.165) is 12.1 Å². The van der Waals surface area contributed by atoms with E-state index in [1.807, 2.05) is 0 Å². The van der Waals surface area contributed by atoms with E-state index < -0.39 is 18.0 Å². The monoisotopic (exact) mass is 372 g/mol. The molecule has 0 unspecified atom stereocenters. The number of nitrogens with zero attached hydrogens (tertiary/aromatic N) is 1. The smallest absolute Gasteiger partial charge is 0.506 e. The average molecular weight is 372 g/mol. The van der Waals surface area contributed by atoms with Gasteiger partial charge in [-0.15, -0.1) is 13.2 Å². The number of halogens is 3. The molecule has 3 aromatic rings. The Morgan fingerprint density at radius 1 is 1.11 bits per heavy atom. The molecular formula is C19H11F3N2O3. The minimum atomic E-state index is -5.00. The van der Waals surface area contributed by atoms with Gasteiger partial charge < -0.3 is 15.2 Å². The van der Waals surface area contributed by atoms with Crippen molar-refractivity contribution in [3.8, 4) is 17.6 Å². The molecule has 0 radical (unpaired) electrons. The topological polar surface area (TPSA) is 82.4 Å². The maximum atomic E-state index is 12.6. The fourth-order valence-electron chi connectivity index (χ4n) is 2.53. The van der Waals surface area contributed by atoms with Crippen LogP contribution in [0, 0.1) is 11.3 Å². The zero-order chi connectivity index (χ0) is 19.6. The van der Waals surface area contributed by atoms with Gasteiger partial charge in [-0.25, -0.2) is 0 Å². The summed E-state index contributed by atoms with van der Waals surface area (Å²) in [5, 5.41) is 22.6. The summed E-state index contributed by atoms with van der Waals surface area (Å²) in [6.45, 7) is 0. The lowest BCUT2D eigenvalue weighted by molar-refractivity contribution is -0.274. The lowest BCUT2D eigenvalue weighted by Crippen LogP contribution is -2.20. The number of anilines is 1. The van der Waals surface area contributed by atoms with Crippen molar-refractivity contribution < 1.29 is 27.8 Å². The first-order valence-electron chi connectivity index (χ1n) is 7.60. The molecule has 0 heterocycles. The molecule has 3 aromatic carbocycles. The molecule has 0 saturated carbocycles. The Balaban J connectivity index is 1.97. The fraction of sp³-hybridized carbons (Fsp3) is 0.0526. The first kappa shape index (κ1) is 18.1. The standard InChI is InChI=1S/C19H11F3N2O3/c20-19(21,22)27-16-9-11(10-23)5-8-15(16)24-18(26)14-7-6-12-3-1-2-4-13(12)17(14)25/h1-9,25H,(H,24,26). The number of carbonyl (C=O) groups excluding carboxylic acids is 1. The number of amides is 1. The van der Waals surface area contributed by atoms with Gasteiger partial charge in [-0.05, 0) is 23.6 Å². The van der Waals surface area contributed by atoms with Gasteiger partial charge in [0, 0.05) is 11.5 Å². The van der Waals surface area contributed by atoms with E-state index in [1.54, 1.807) is 36.4 Å². The number of nitrogens with one attached hydrogen (secondary N) is 1. The normalized spacial score (nSPS) is 11.0. The highest BCUT2D eigenvalue weighted by atomic mass is 19.4. The minimum Gasteiger partial charge on any atom is -0.506 e. The van der Waals surface area contributed by atoms with E-state index >= 15 is 0 Å². The SMILES string of the molecule is N#Cc1ccc(NC(=O)c2ccc3ccccc3c2O)c(OC(F)(F)F)c1. The number of phenolic OH excluding ortho intramolecular Hbond substituents is 1. The van der Waals surface area contributed by atoms with Gasteiger partial charge in [-0.1, -0.05) is 30.3 Å². The van der Waals surface area contributed by atoms with Crippen molar-refractivity contribution in [1.82, 2.24) is 0 Å². The summed E-state index contributed by atoms with van der Waals surface area (Å²) < 4.78 is 41.7. The molecule has 0 atom stereocenters. The molecule has 27 heavy (non-hydrogen) atoms. The number of hydrogen-bond donors (Lipinski definition) is 2. The average Bonchev–Trinajstić information content (AvgIpc) is 2.62. The van der Waals surface area contributed by atoms with Gasteiger partial charge in [0.2, 0.25) is 0 Å². The van der Waals surface area contributed by atoms with Gasteiger partial charge in [0.25, 0.3) is 5.91 Å². The van der Waals surface area contributed by atoms with Crippen molar-refractivity contribution in [2.45, 2.75) is 6.36 Å². The van der Waals surface area contributed by atoms with Crippen LogP contribution in [0.2, 0.25) is 0 Å². The van der Waals surface area contributed by atoms with Crippen molar-refractivity contribution in [1.29, 1.82) is 5.26 Å². The van der Waals surface area contributed by atoms with Gasteiger partial charge in [-0.2, -0.15) is 5.26 Å². The molecule has 0 bridgehead atoms. The molecular weight excluding hydrogens is 361 g/mol. The number of alkyl halides is 3. The minimum absolute atomic E-state index is 0.0687. The van der Waals surface area contributed by atoms with Crippen LogP contribution in [0.5, 0.6) is 11.5 Å². The largest absolute Gasteiger partial charge is 0.573 e. The summed E-state index contributed by atoms with van der Waals surface area (Å²) in [5.74, 6) is -1.84. The maximum absolute atomic E-state index is 12.6. The van der Waals surface area contributed by atoms with Crippen LogP contribution in [0.1, 0.15) is 15.9 Å². The Morgan fingerprint density at radius 2 is 1.85 bits per heavy atom. The quantitative estimate of drug-likeness (QED) is 0.706. The van der Waals surface area contributed by atoms with Crippen LogP contribution in [-0.4, -0.2) is 17.4 Å². The lowest BCUT2D eigenvalue weighted by atomic mass is 10.0. The molecule has 3 rings (SSSR count). The molecule has 0 aromatic heterocycles. The highest BCUT2D eigenvalue weighted by molar-refractivity contribution is 6.10. The van der Waals surface area contributed by atoms with Crippen LogP contribution in [0.25, 0.3) is 10.8 Å². The summed E-state index contributed by atoms with van der Waals surface area (Å²) in [7, 11) is 0. The third-order valence-electron chi connectivity index (χ3n) is 3.73. The first-order valence-corrected chi connectivity index (χ1v) is 7.60. The van der Waals surface area contributed by atoms with Gasteiger partial charge in [-0.3, -0.25) is 4.79 Å². The summed E-state index contributed by atoms with van der Waals surface area (Å²) in [4.78, 5) is 12.5. The van der Waals surface area contributed by atoms with E-state index in [0.29, 0.717) is 10.8 Å². The second-order valence-corrected chi connectivity index (χ2v) is 5.51. The van der Waals surface area contributed by atoms with Crippen molar-refractivity contribution in [3.63, 3.8) is 0 Å². The molecule has 2 N–H and O–H groups in total. The zero-order valence-electron chi connectivity index (χ0n) is 13.5. The number of ether oxygens (including phenoxy) is 1. The fourth-order valence-corrected chi connectivity index (χ4v) is 2.53. The van der Waals surface area contributed by atoms with Crippen LogP contribution >= 0.6 is 0 Å². The maximum Gasteiger partial charge on any atom is 0.573 e. The highest BCUT2D eigenvalue weighted by Gasteiger charge is 2.32. The zero-order valence-corrected chi connectivity index (χ0v) is 13.5. The Labute approximate surface area is 151 Å². The van der Waals surface area contributed by atoms with Crippen LogP contribution in [0.15, 0.2) is 54.6 Å². The Morgan fingerprint density at radius 3 is 2.56 bits per heavy atom. The van der Waals surface area contributed by atoms with Crippen LogP contribution in [0.4, 0.5) is 18.9 Å². The number of benzene rings is 3. The van der Waals surface area contributed by atoms with Crippen molar-refractivity contribution in [2.24, 2.45) is 0 Å². The third kappa shape index (κ3) is 3.93. The Hall–Kier alpha value is -3.73. The van der Waals surface area contributed by atoms with E-state index in [4.69, 9.17) is 5.26 Å². The molecule has 0 saturated heterocycles. The second kappa shape index (κ2) is 6.88. The number of nitriles is 1. The van der Waals surface area contributed by atoms with Crippen molar-refractivity contribution >= 4 is 22.4 Å². The second-order valence-electron chi connectivity index (χ2n) is 5.51. The molecule has 1 amide bonds. The van der Waals surface area contributed by atoms with E-state index in [9.17, 15) is 23.1 Å². The summed E-state index contributed by atoms with van der Waals surface area (Å²) in [6, 6.07) is 14.7. The molecule has 0 fully saturated rings. The highest BCUT2D eigenvalue weighted by Crippen LogP contribution is 2.33.